The predicted octanol–water partition coefficient (Wildman–Crippen LogP) is 5.46. The van der Waals surface area contributed by atoms with Crippen molar-refractivity contribution in [3.05, 3.63) is 58.7 Å². The van der Waals surface area contributed by atoms with Crippen LogP contribution in [-0.2, 0) is 6.42 Å². The molecule has 0 fully saturated rings. The van der Waals surface area contributed by atoms with Gasteiger partial charge in [-0.05, 0) is 61.1 Å². The SMILES string of the molecule is CCc1nc2ccc(NC(=S)NCCNc3ccnc4cc(Cl)ccc34)cc2s1. The highest BCUT2D eigenvalue weighted by atomic mass is 35.5. The van der Waals surface area contributed by atoms with Gasteiger partial charge in [0, 0.05) is 41.1 Å². The maximum atomic E-state index is 6.05. The molecular formula is C21H20ClN5S2. The monoisotopic (exact) mass is 441 g/mol. The van der Waals surface area contributed by atoms with Gasteiger partial charge in [0.1, 0.15) is 0 Å². The third-order valence-electron chi connectivity index (χ3n) is 4.42. The van der Waals surface area contributed by atoms with E-state index in [4.69, 9.17) is 23.8 Å². The second kappa shape index (κ2) is 8.90. The van der Waals surface area contributed by atoms with Crippen LogP contribution < -0.4 is 16.0 Å². The Balaban J connectivity index is 1.30. The first-order chi connectivity index (χ1) is 14.1. The molecule has 2 heterocycles. The average Bonchev–Trinajstić information content (AvgIpc) is 3.13. The van der Waals surface area contributed by atoms with Crippen LogP contribution in [0, 0.1) is 0 Å². The van der Waals surface area contributed by atoms with Crippen LogP contribution in [0.15, 0.2) is 48.7 Å². The molecule has 0 amide bonds. The summed E-state index contributed by atoms with van der Waals surface area (Å²) < 4.78 is 1.17. The first kappa shape index (κ1) is 19.8. The molecule has 4 rings (SSSR count). The Morgan fingerprint density at radius 1 is 1.10 bits per heavy atom. The minimum absolute atomic E-state index is 0.595. The van der Waals surface area contributed by atoms with Crippen LogP contribution in [0.4, 0.5) is 11.4 Å². The Bertz CT molecular complexity index is 1170. The van der Waals surface area contributed by atoms with E-state index >= 15 is 0 Å². The molecule has 148 valence electrons. The predicted molar refractivity (Wildman–Crippen MR) is 128 cm³/mol. The molecule has 5 nitrogen and oxygen atoms in total. The van der Waals surface area contributed by atoms with Gasteiger partial charge in [-0.15, -0.1) is 11.3 Å². The molecule has 0 atom stereocenters. The number of halogens is 1. The Morgan fingerprint density at radius 2 is 2.00 bits per heavy atom. The number of thiazole rings is 1. The molecule has 8 heteroatoms. The molecule has 0 aliphatic heterocycles. The minimum atomic E-state index is 0.595. The molecule has 0 saturated carbocycles. The maximum absolute atomic E-state index is 6.05. The number of thiocarbonyl (C=S) groups is 1. The minimum Gasteiger partial charge on any atom is -0.383 e. The second-order valence-electron chi connectivity index (χ2n) is 6.47. The quantitative estimate of drug-likeness (QED) is 0.273. The van der Waals surface area contributed by atoms with Crippen molar-refractivity contribution in [1.29, 1.82) is 0 Å². The van der Waals surface area contributed by atoms with Gasteiger partial charge in [-0.1, -0.05) is 18.5 Å². The fourth-order valence-electron chi connectivity index (χ4n) is 3.03. The van der Waals surface area contributed by atoms with Gasteiger partial charge in [0.25, 0.3) is 0 Å². The van der Waals surface area contributed by atoms with E-state index in [1.54, 1.807) is 17.5 Å². The first-order valence-electron chi connectivity index (χ1n) is 9.35. The summed E-state index contributed by atoms with van der Waals surface area (Å²) in [5, 5.41) is 13.4. The van der Waals surface area contributed by atoms with E-state index in [0.29, 0.717) is 16.7 Å². The van der Waals surface area contributed by atoms with E-state index in [1.807, 2.05) is 36.4 Å². The largest absolute Gasteiger partial charge is 0.383 e. The number of nitrogens with zero attached hydrogens (tertiary/aromatic N) is 2. The summed E-state index contributed by atoms with van der Waals surface area (Å²) in [5.74, 6) is 0. The molecule has 4 aromatic rings. The number of pyridine rings is 1. The zero-order chi connectivity index (χ0) is 20.2. The van der Waals surface area contributed by atoms with Gasteiger partial charge in [0.05, 0.1) is 20.7 Å². The smallest absolute Gasteiger partial charge is 0.170 e. The van der Waals surface area contributed by atoms with Crippen molar-refractivity contribution >= 4 is 72.8 Å². The lowest BCUT2D eigenvalue weighted by Crippen LogP contribution is -2.32. The van der Waals surface area contributed by atoms with Crippen LogP contribution in [0.3, 0.4) is 0 Å². The Morgan fingerprint density at radius 3 is 2.86 bits per heavy atom. The lowest BCUT2D eigenvalue weighted by molar-refractivity contribution is 0.916. The Hall–Kier alpha value is -2.48. The van der Waals surface area contributed by atoms with Crippen molar-refractivity contribution in [1.82, 2.24) is 15.3 Å². The van der Waals surface area contributed by atoms with Crippen molar-refractivity contribution in [2.75, 3.05) is 23.7 Å². The van der Waals surface area contributed by atoms with E-state index in [-0.39, 0.29) is 0 Å². The van der Waals surface area contributed by atoms with Gasteiger partial charge in [-0.3, -0.25) is 4.98 Å². The summed E-state index contributed by atoms with van der Waals surface area (Å²) in [5.41, 5.74) is 3.89. The molecule has 0 unspecified atom stereocenters. The molecule has 0 radical (unpaired) electrons. The van der Waals surface area contributed by atoms with E-state index in [1.165, 1.54) is 4.70 Å². The molecule has 0 aliphatic carbocycles. The topological polar surface area (TPSA) is 61.9 Å². The van der Waals surface area contributed by atoms with Crippen molar-refractivity contribution in [2.24, 2.45) is 0 Å². The number of hydrogen-bond donors (Lipinski definition) is 3. The number of benzene rings is 2. The number of aromatic nitrogens is 2. The van der Waals surface area contributed by atoms with E-state index < -0.39 is 0 Å². The van der Waals surface area contributed by atoms with Crippen LogP contribution in [0.1, 0.15) is 11.9 Å². The molecular weight excluding hydrogens is 422 g/mol. The second-order valence-corrected chi connectivity index (χ2v) is 8.43. The molecule has 0 bridgehead atoms. The standard InChI is InChI=1S/C21H20ClN5S2/c1-2-20-27-17-6-4-14(12-19(17)29-20)26-21(28)25-10-9-24-16-7-8-23-18-11-13(22)3-5-15(16)18/h3-8,11-12H,2,9-10H2,1H3,(H,23,24)(H2,25,26,28). The maximum Gasteiger partial charge on any atom is 0.170 e. The zero-order valence-corrected chi connectivity index (χ0v) is 18.2. The van der Waals surface area contributed by atoms with Crippen LogP contribution in [0.25, 0.3) is 21.1 Å². The van der Waals surface area contributed by atoms with E-state index in [0.717, 1.165) is 45.8 Å². The van der Waals surface area contributed by atoms with Gasteiger partial charge >= 0.3 is 0 Å². The summed E-state index contributed by atoms with van der Waals surface area (Å²) >= 11 is 13.2. The highest BCUT2D eigenvalue weighted by Gasteiger charge is 2.05. The fourth-order valence-corrected chi connectivity index (χ4v) is 4.36. The number of hydrogen-bond acceptors (Lipinski definition) is 5. The Kier molecular flexibility index (Phi) is 6.08. The molecule has 0 saturated heterocycles. The molecule has 0 spiro atoms. The van der Waals surface area contributed by atoms with Crippen LogP contribution in [0.5, 0.6) is 0 Å². The lowest BCUT2D eigenvalue weighted by Gasteiger charge is -2.13. The van der Waals surface area contributed by atoms with Crippen molar-refractivity contribution in [3.63, 3.8) is 0 Å². The summed E-state index contributed by atoms with van der Waals surface area (Å²) in [6, 6.07) is 13.8. The lowest BCUT2D eigenvalue weighted by atomic mass is 10.2. The number of rotatable bonds is 6. The molecule has 29 heavy (non-hydrogen) atoms. The third-order valence-corrected chi connectivity index (χ3v) is 6.07. The average molecular weight is 442 g/mol. The van der Waals surface area contributed by atoms with Crippen LogP contribution >= 0.6 is 35.2 Å². The number of aryl methyl sites for hydroxylation is 1. The van der Waals surface area contributed by atoms with Gasteiger partial charge in [0.15, 0.2) is 5.11 Å². The van der Waals surface area contributed by atoms with Gasteiger partial charge in [-0.2, -0.15) is 0 Å². The zero-order valence-electron chi connectivity index (χ0n) is 15.8. The van der Waals surface area contributed by atoms with Gasteiger partial charge in [-0.25, -0.2) is 4.98 Å². The summed E-state index contributed by atoms with van der Waals surface area (Å²) in [6.45, 7) is 3.52. The highest BCUT2D eigenvalue weighted by molar-refractivity contribution is 7.80. The van der Waals surface area contributed by atoms with Crippen LogP contribution in [0.2, 0.25) is 5.02 Å². The van der Waals surface area contributed by atoms with Crippen LogP contribution in [-0.4, -0.2) is 28.2 Å². The molecule has 3 N–H and O–H groups in total. The van der Waals surface area contributed by atoms with Crippen molar-refractivity contribution in [3.8, 4) is 0 Å². The fraction of sp³-hybridized carbons (Fsp3) is 0.190. The molecule has 2 aromatic heterocycles. The summed E-state index contributed by atoms with van der Waals surface area (Å²) in [7, 11) is 0. The van der Waals surface area contributed by atoms with Crippen molar-refractivity contribution in [2.45, 2.75) is 13.3 Å². The van der Waals surface area contributed by atoms with E-state index in [9.17, 15) is 0 Å². The summed E-state index contributed by atoms with van der Waals surface area (Å²) in [6.07, 6.45) is 2.73. The highest BCUT2D eigenvalue weighted by Crippen LogP contribution is 2.26. The molecule has 0 aliphatic rings. The van der Waals surface area contributed by atoms with Gasteiger partial charge in [0.2, 0.25) is 0 Å². The number of anilines is 2. The normalized spacial score (nSPS) is 11.0. The van der Waals surface area contributed by atoms with E-state index in [2.05, 4.69) is 38.9 Å². The van der Waals surface area contributed by atoms with Gasteiger partial charge < -0.3 is 16.0 Å². The van der Waals surface area contributed by atoms with Crippen molar-refractivity contribution < 1.29 is 0 Å². The molecule has 2 aromatic carbocycles. The number of nitrogens with one attached hydrogen (secondary N) is 3. The third kappa shape index (κ3) is 4.75. The first-order valence-corrected chi connectivity index (χ1v) is 10.9. The number of fused-ring (bicyclic) bond motifs is 2. The Labute approximate surface area is 183 Å². The summed E-state index contributed by atoms with van der Waals surface area (Å²) in [4.78, 5) is 8.95.